The van der Waals surface area contributed by atoms with Crippen LogP contribution in [0, 0.1) is 6.92 Å². The maximum absolute atomic E-state index is 10.2. The van der Waals surface area contributed by atoms with Gasteiger partial charge in [0.1, 0.15) is 10.7 Å². The Bertz CT molecular complexity index is 322. The zero-order valence-electron chi connectivity index (χ0n) is 7.49. The molecule has 0 amide bonds. The number of thiol groups is 1. The summed E-state index contributed by atoms with van der Waals surface area (Å²) in [6, 6.07) is 7.85. The molecule has 4 heteroatoms. The predicted molar refractivity (Wildman–Crippen MR) is 54.9 cm³/mol. The Morgan fingerprint density at radius 2 is 1.85 bits per heavy atom. The van der Waals surface area contributed by atoms with Gasteiger partial charge in [0.15, 0.2) is 0 Å². The van der Waals surface area contributed by atoms with Gasteiger partial charge in [-0.25, -0.2) is 8.42 Å². The molecule has 1 aromatic carbocycles. The minimum atomic E-state index is -2.27. The minimum Gasteiger partial charge on any atom is -0.384 e. The summed E-state index contributed by atoms with van der Waals surface area (Å²) in [6.45, 7) is 2.49. The highest BCUT2D eigenvalue weighted by molar-refractivity contribution is 7.72. The molecule has 1 rings (SSSR count). The van der Waals surface area contributed by atoms with Crippen molar-refractivity contribution in [1.29, 1.82) is 0 Å². The van der Waals surface area contributed by atoms with Gasteiger partial charge in [0, 0.05) is 12.2 Å². The first-order valence-corrected chi connectivity index (χ1v) is 5.47. The molecule has 0 aliphatic rings. The van der Waals surface area contributed by atoms with Gasteiger partial charge in [0.2, 0.25) is 0 Å². The van der Waals surface area contributed by atoms with E-state index in [1.54, 1.807) is 0 Å². The Labute approximate surface area is 79.7 Å². The molecule has 0 heterocycles. The van der Waals surface area contributed by atoms with Crippen LogP contribution in [0.15, 0.2) is 24.3 Å². The lowest BCUT2D eigenvalue weighted by molar-refractivity contribution is 0.615. The van der Waals surface area contributed by atoms with Crippen molar-refractivity contribution in [2.45, 2.75) is 6.92 Å². The van der Waals surface area contributed by atoms with Crippen LogP contribution in [0.5, 0.6) is 0 Å². The van der Waals surface area contributed by atoms with Crippen molar-refractivity contribution in [3.8, 4) is 0 Å². The van der Waals surface area contributed by atoms with Gasteiger partial charge in [-0.05, 0) is 19.1 Å². The maximum atomic E-state index is 10.2. The van der Waals surface area contributed by atoms with Crippen molar-refractivity contribution < 1.29 is 8.42 Å². The largest absolute Gasteiger partial charge is 0.384 e. The molecule has 0 aliphatic carbocycles. The van der Waals surface area contributed by atoms with Gasteiger partial charge in [-0.1, -0.05) is 17.7 Å². The highest BCUT2D eigenvalue weighted by atomic mass is 32.2. The fourth-order valence-corrected chi connectivity index (χ4v) is 1.26. The van der Waals surface area contributed by atoms with Crippen LogP contribution < -0.4 is 5.32 Å². The molecular formula is C9H13NO2S. The first-order valence-electron chi connectivity index (χ1n) is 4.11. The van der Waals surface area contributed by atoms with Crippen LogP contribution in [0.3, 0.4) is 0 Å². The SMILES string of the molecule is Cc1ccc(NCC[SH](=O)=O)cc1. The lowest BCUT2D eigenvalue weighted by Crippen LogP contribution is -2.06. The number of hydrogen-bond donors (Lipinski definition) is 2. The first-order chi connectivity index (χ1) is 6.18. The number of benzene rings is 1. The fraction of sp³-hybridized carbons (Fsp3) is 0.333. The van der Waals surface area contributed by atoms with E-state index in [1.165, 1.54) is 5.56 Å². The van der Waals surface area contributed by atoms with E-state index in [9.17, 15) is 8.42 Å². The van der Waals surface area contributed by atoms with Crippen LogP contribution in [-0.4, -0.2) is 20.7 Å². The lowest BCUT2D eigenvalue weighted by Gasteiger charge is -2.03. The summed E-state index contributed by atoms with van der Waals surface area (Å²) in [4.78, 5) is 0. The molecule has 0 saturated heterocycles. The number of rotatable bonds is 4. The lowest BCUT2D eigenvalue weighted by atomic mass is 10.2. The molecule has 0 fully saturated rings. The monoisotopic (exact) mass is 199 g/mol. The summed E-state index contributed by atoms with van der Waals surface area (Å²) in [5.41, 5.74) is 2.16. The van der Waals surface area contributed by atoms with Gasteiger partial charge < -0.3 is 5.32 Å². The molecule has 0 saturated carbocycles. The number of hydrogen-bond acceptors (Lipinski definition) is 3. The second-order valence-corrected chi connectivity index (χ2v) is 3.96. The third-order valence-electron chi connectivity index (χ3n) is 1.68. The van der Waals surface area contributed by atoms with E-state index in [1.807, 2.05) is 31.2 Å². The van der Waals surface area contributed by atoms with Crippen molar-refractivity contribution in [2.24, 2.45) is 0 Å². The third kappa shape index (κ3) is 3.94. The molecule has 0 aromatic heterocycles. The van der Waals surface area contributed by atoms with E-state index >= 15 is 0 Å². The Kier molecular flexibility index (Phi) is 3.76. The molecule has 0 atom stereocenters. The van der Waals surface area contributed by atoms with Crippen LogP contribution >= 0.6 is 0 Å². The standard InChI is InChI=1S/C9H13NO2S/c1-8-2-4-9(5-3-8)10-6-7-13(11)12/h2-5,10,13H,6-7H2,1H3. The van der Waals surface area contributed by atoms with Crippen LogP contribution in [0.4, 0.5) is 5.69 Å². The average molecular weight is 199 g/mol. The quantitative estimate of drug-likeness (QED) is 0.712. The van der Waals surface area contributed by atoms with E-state index < -0.39 is 10.7 Å². The Balaban J connectivity index is 2.41. The summed E-state index contributed by atoms with van der Waals surface area (Å²) < 4.78 is 20.5. The molecule has 72 valence electrons. The zero-order valence-corrected chi connectivity index (χ0v) is 8.38. The van der Waals surface area contributed by atoms with Gasteiger partial charge in [-0.15, -0.1) is 0 Å². The summed E-state index contributed by atoms with van der Waals surface area (Å²) in [6.07, 6.45) is 0. The van der Waals surface area contributed by atoms with Crippen LogP contribution in [-0.2, 0) is 10.7 Å². The molecule has 0 bridgehead atoms. The van der Waals surface area contributed by atoms with Crippen molar-refractivity contribution in [1.82, 2.24) is 0 Å². The topological polar surface area (TPSA) is 46.2 Å². The predicted octanol–water partition coefficient (Wildman–Crippen LogP) is 1.02. The maximum Gasteiger partial charge on any atom is 0.141 e. The van der Waals surface area contributed by atoms with Gasteiger partial charge in [0.05, 0.1) is 5.75 Å². The summed E-state index contributed by atoms with van der Waals surface area (Å²) >= 11 is 0. The molecule has 0 radical (unpaired) electrons. The molecule has 0 spiro atoms. The third-order valence-corrected chi connectivity index (χ3v) is 2.26. The highest BCUT2D eigenvalue weighted by Crippen LogP contribution is 2.07. The van der Waals surface area contributed by atoms with Gasteiger partial charge in [0.25, 0.3) is 0 Å². The Hall–Kier alpha value is -1.03. The van der Waals surface area contributed by atoms with Crippen molar-refractivity contribution >= 4 is 16.4 Å². The molecule has 1 N–H and O–H groups in total. The van der Waals surface area contributed by atoms with Crippen molar-refractivity contribution in [3.05, 3.63) is 29.8 Å². The van der Waals surface area contributed by atoms with E-state index in [2.05, 4.69) is 5.32 Å². The molecule has 0 unspecified atom stereocenters. The van der Waals surface area contributed by atoms with E-state index in [0.29, 0.717) is 6.54 Å². The Morgan fingerprint density at radius 1 is 1.23 bits per heavy atom. The number of anilines is 1. The highest BCUT2D eigenvalue weighted by Gasteiger charge is 1.91. The van der Waals surface area contributed by atoms with Gasteiger partial charge in [-0.3, -0.25) is 0 Å². The normalized spacial score (nSPS) is 10.3. The van der Waals surface area contributed by atoms with E-state index in [0.717, 1.165) is 5.69 Å². The average Bonchev–Trinajstić information content (AvgIpc) is 2.08. The van der Waals surface area contributed by atoms with Crippen molar-refractivity contribution in [2.75, 3.05) is 17.6 Å². The minimum absolute atomic E-state index is 0.184. The van der Waals surface area contributed by atoms with E-state index in [-0.39, 0.29) is 5.75 Å². The van der Waals surface area contributed by atoms with Gasteiger partial charge in [-0.2, -0.15) is 0 Å². The Morgan fingerprint density at radius 3 is 2.38 bits per heavy atom. The molecule has 0 aliphatic heterocycles. The summed E-state index contributed by atoms with van der Waals surface area (Å²) in [7, 11) is -2.27. The zero-order chi connectivity index (χ0) is 9.68. The summed E-state index contributed by atoms with van der Waals surface area (Å²) in [5.74, 6) is 0.184. The van der Waals surface area contributed by atoms with Crippen LogP contribution in [0.1, 0.15) is 5.56 Å². The molecule has 3 nitrogen and oxygen atoms in total. The number of aryl methyl sites for hydroxylation is 1. The number of nitrogens with one attached hydrogen (secondary N) is 1. The van der Waals surface area contributed by atoms with Crippen molar-refractivity contribution in [3.63, 3.8) is 0 Å². The first kappa shape index (κ1) is 10.1. The van der Waals surface area contributed by atoms with Crippen LogP contribution in [0.25, 0.3) is 0 Å². The second kappa shape index (κ2) is 4.87. The smallest absolute Gasteiger partial charge is 0.141 e. The van der Waals surface area contributed by atoms with E-state index in [4.69, 9.17) is 0 Å². The molecule has 13 heavy (non-hydrogen) atoms. The second-order valence-electron chi connectivity index (χ2n) is 2.85. The molecular weight excluding hydrogens is 186 g/mol. The van der Waals surface area contributed by atoms with Crippen LogP contribution in [0.2, 0.25) is 0 Å². The van der Waals surface area contributed by atoms with Gasteiger partial charge >= 0.3 is 0 Å². The fourth-order valence-electron chi connectivity index (χ4n) is 0.963. The summed E-state index contributed by atoms with van der Waals surface area (Å²) in [5, 5.41) is 3.02. The molecule has 1 aromatic rings.